The number of rotatable bonds is 9. The van der Waals surface area contributed by atoms with Crippen LogP contribution in [0.2, 0.25) is 5.02 Å². The van der Waals surface area contributed by atoms with Crippen LogP contribution in [0.1, 0.15) is 48.5 Å². The molecule has 3 rings (SSSR count). The predicted molar refractivity (Wildman–Crippen MR) is 123 cm³/mol. The van der Waals surface area contributed by atoms with Gasteiger partial charge in [0.25, 0.3) is 5.91 Å². The van der Waals surface area contributed by atoms with Gasteiger partial charge in [0.05, 0.1) is 19.3 Å². The summed E-state index contributed by atoms with van der Waals surface area (Å²) in [6.07, 6.45) is 4.90. The van der Waals surface area contributed by atoms with Crippen LogP contribution >= 0.6 is 11.6 Å². The van der Waals surface area contributed by atoms with Crippen molar-refractivity contribution in [1.29, 1.82) is 0 Å². The number of likely N-dealkylation sites (tertiary alicyclic amines) is 1. The molecule has 0 bridgehead atoms. The molecule has 7 nitrogen and oxygen atoms in total. The van der Waals surface area contributed by atoms with E-state index in [2.05, 4.69) is 17.2 Å². The summed E-state index contributed by atoms with van der Waals surface area (Å²) in [7, 11) is 1.53. The number of methoxy groups -OCH3 is 1. The zero-order valence-corrected chi connectivity index (χ0v) is 19.4. The van der Waals surface area contributed by atoms with Gasteiger partial charge in [0.2, 0.25) is 11.8 Å². The van der Waals surface area contributed by atoms with Gasteiger partial charge in [0, 0.05) is 42.3 Å². The van der Waals surface area contributed by atoms with Crippen molar-refractivity contribution in [3.63, 3.8) is 0 Å². The molecule has 1 aromatic carbocycles. The Kier molecular flexibility index (Phi) is 8.73. The maximum Gasteiger partial charge on any atom is 0.257 e. The van der Waals surface area contributed by atoms with Crippen LogP contribution < -0.4 is 14.8 Å². The highest BCUT2D eigenvalue weighted by Gasteiger charge is 2.29. The number of ether oxygens (including phenoxy) is 2. The third-order valence-electron chi connectivity index (χ3n) is 5.58. The molecule has 1 aliphatic heterocycles. The van der Waals surface area contributed by atoms with E-state index in [4.69, 9.17) is 21.1 Å². The maximum absolute atomic E-state index is 12.9. The van der Waals surface area contributed by atoms with Crippen molar-refractivity contribution in [2.75, 3.05) is 26.8 Å². The number of hydrogen-bond donors (Lipinski definition) is 1. The van der Waals surface area contributed by atoms with Crippen LogP contribution in [-0.2, 0) is 11.3 Å². The first-order valence-corrected chi connectivity index (χ1v) is 11.4. The predicted octanol–water partition coefficient (Wildman–Crippen LogP) is 4.09. The van der Waals surface area contributed by atoms with E-state index in [9.17, 15) is 9.59 Å². The highest BCUT2D eigenvalue weighted by Crippen LogP contribution is 2.26. The summed E-state index contributed by atoms with van der Waals surface area (Å²) in [5, 5.41) is 3.48. The lowest BCUT2D eigenvalue weighted by atomic mass is 9.95. The molecule has 0 unspecified atom stereocenters. The largest absolute Gasteiger partial charge is 0.496 e. The second-order valence-electron chi connectivity index (χ2n) is 7.80. The smallest absolute Gasteiger partial charge is 0.257 e. The molecule has 1 aliphatic rings. The van der Waals surface area contributed by atoms with Crippen molar-refractivity contribution in [3.8, 4) is 11.6 Å². The fourth-order valence-corrected chi connectivity index (χ4v) is 3.86. The van der Waals surface area contributed by atoms with Crippen molar-refractivity contribution in [2.24, 2.45) is 5.92 Å². The van der Waals surface area contributed by atoms with E-state index >= 15 is 0 Å². The summed E-state index contributed by atoms with van der Waals surface area (Å²) in [5.41, 5.74) is 1.30. The molecular weight excluding hydrogens is 430 g/mol. The van der Waals surface area contributed by atoms with Crippen molar-refractivity contribution in [1.82, 2.24) is 15.2 Å². The van der Waals surface area contributed by atoms with Gasteiger partial charge in [-0.2, -0.15) is 0 Å². The highest BCUT2D eigenvalue weighted by atomic mass is 35.5. The minimum absolute atomic E-state index is 0.0132. The maximum atomic E-state index is 12.9. The minimum Gasteiger partial charge on any atom is -0.496 e. The fourth-order valence-electron chi connectivity index (χ4n) is 3.69. The number of nitrogens with zero attached hydrogens (tertiary/aromatic N) is 2. The number of carbonyl (C=O) groups is 2. The SMILES string of the molecule is CCCCOc1ncccc1CNC(=O)C1CCN(C(=O)c2cc(Cl)ccc2OC)CC1. The van der Waals surface area contributed by atoms with Crippen LogP contribution in [-0.4, -0.2) is 48.5 Å². The second kappa shape index (κ2) is 11.7. The van der Waals surface area contributed by atoms with Gasteiger partial charge in [-0.1, -0.05) is 31.0 Å². The third kappa shape index (κ3) is 6.13. The second-order valence-corrected chi connectivity index (χ2v) is 8.24. The van der Waals surface area contributed by atoms with E-state index in [0.717, 1.165) is 18.4 Å². The molecule has 8 heteroatoms. The number of nitrogens with one attached hydrogen (secondary N) is 1. The summed E-state index contributed by atoms with van der Waals surface area (Å²) < 4.78 is 11.0. The molecule has 2 heterocycles. The third-order valence-corrected chi connectivity index (χ3v) is 5.82. The summed E-state index contributed by atoms with van der Waals surface area (Å²) in [5.74, 6) is 0.777. The van der Waals surface area contributed by atoms with E-state index in [1.54, 1.807) is 29.3 Å². The van der Waals surface area contributed by atoms with Gasteiger partial charge >= 0.3 is 0 Å². The lowest BCUT2D eigenvalue weighted by Crippen LogP contribution is -2.43. The van der Waals surface area contributed by atoms with Crippen LogP contribution in [0.15, 0.2) is 36.5 Å². The number of aromatic nitrogens is 1. The zero-order chi connectivity index (χ0) is 22.9. The lowest BCUT2D eigenvalue weighted by molar-refractivity contribution is -0.126. The number of benzene rings is 1. The van der Waals surface area contributed by atoms with Crippen LogP contribution in [0.3, 0.4) is 0 Å². The summed E-state index contributed by atoms with van der Waals surface area (Å²) in [6.45, 7) is 4.09. The summed E-state index contributed by atoms with van der Waals surface area (Å²) in [6, 6.07) is 8.75. The number of halogens is 1. The number of hydrogen-bond acceptors (Lipinski definition) is 5. The molecule has 172 valence electrons. The Morgan fingerprint density at radius 3 is 2.75 bits per heavy atom. The molecule has 0 atom stereocenters. The first-order valence-electron chi connectivity index (χ1n) is 11.0. The van der Waals surface area contributed by atoms with Crippen LogP contribution in [0.25, 0.3) is 0 Å². The van der Waals surface area contributed by atoms with E-state index < -0.39 is 0 Å². The fraction of sp³-hybridized carbons (Fsp3) is 0.458. The molecule has 0 radical (unpaired) electrons. The number of piperidine rings is 1. The van der Waals surface area contributed by atoms with E-state index in [0.29, 0.717) is 61.3 Å². The number of amides is 2. The van der Waals surface area contributed by atoms with Gasteiger partial charge in [0.1, 0.15) is 5.75 Å². The van der Waals surface area contributed by atoms with Crippen molar-refractivity contribution < 1.29 is 19.1 Å². The molecule has 2 amide bonds. The average molecular weight is 460 g/mol. The van der Waals surface area contributed by atoms with Gasteiger partial charge in [-0.3, -0.25) is 9.59 Å². The molecule has 0 saturated carbocycles. The standard InChI is InChI=1S/C24H30ClN3O4/c1-3-4-14-32-23-18(6-5-11-26-23)16-27-22(29)17-9-12-28(13-10-17)24(30)20-15-19(25)7-8-21(20)31-2/h5-8,11,15,17H,3-4,9-10,12-14,16H2,1-2H3,(H,27,29). The molecule has 32 heavy (non-hydrogen) atoms. The van der Waals surface area contributed by atoms with Crippen molar-refractivity contribution in [2.45, 2.75) is 39.2 Å². The van der Waals surface area contributed by atoms with Crippen LogP contribution in [0.4, 0.5) is 0 Å². The monoisotopic (exact) mass is 459 g/mol. The van der Waals surface area contributed by atoms with Gasteiger partial charge in [-0.05, 0) is 43.5 Å². The Morgan fingerprint density at radius 1 is 1.25 bits per heavy atom. The van der Waals surface area contributed by atoms with E-state index in [-0.39, 0.29) is 17.7 Å². The Labute approximate surface area is 194 Å². The summed E-state index contributed by atoms with van der Waals surface area (Å²) in [4.78, 5) is 31.7. The minimum atomic E-state index is -0.138. The van der Waals surface area contributed by atoms with Crippen molar-refractivity contribution >= 4 is 23.4 Å². The molecule has 0 spiro atoms. The molecule has 1 N–H and O–H groups in total. The molecule has 0 aliphatic carbocycles. The van der Waals surface area contributed by atoms with Crippen molar-refractivity contribution in [3.05, 3.63) is 52.7 Å². The molecule has 2 aromatic rings. The van der Waals surface area contributed by atoms with Gasteiger partial charge in [0.15, 0.2) is 0 Å². The molecular formula is C24H30ClN3O4. The Balaban J connectivity index is 1.52. The highest BCUT2D eigenvalue weighted by molar-refractivity contribution is 6.31. The first-order chi connectivity index (χ1) is 15.5. The Morgan fingerprint density at radius 2 is 2.03 bits per heavy atom. The Hall–Kier alpha value is -2.80. The van der Waals surface area contributed by atoms with Crippen LogP contribution in [0, 0.1) is 5.92 Å². The number of carbonyl (C=O) groups excluding carboxylic acids is 2. The first kappa shape index (κ1) is 23.9. The van der Waals surface area contributed by atoms with E-state index in [1.165, 1.54) is 7.11 Å². The Bertz CT molecular complexity index is 929. The quantitative estimate of drug-likeness (QED) is 0.571. The number of unbranched alkanes of at least 4 members (excludes halogenated alkanes) is 1. The van der Waals surface area contributed by atoms with Crippen LogP contribution in [0.5, 0.6) is 11.6 Å². The average Bonchev–Trinajstić information content (AvgIpc) is 2.83. The molecule has 1 saturated heterocycles. The van der Waals surface area contributed by atoms with Gasteiger partial charge < -0.3 is 19.7 Å². The van der Waals surface area contributed by atoms with Gasteiger partial charge in [-0.15, -0.1) is 0 Å². The van der Waals surface area contributed by atoms with E-state index in [1.807, 2.05) is 12.1 Å². The topological polar surface area (TPSA) is 80.8 Å². The molecule has 1 aromatic heterocycles. The number of pyridine rings is 1. The summed E-state index contributed by atoms with van der Waals surface area (Å²) >= 11 is 6.06. The normalized spacial score (nSPS) is 14.2. The zero-order valence-electron chi connectivity index (χ0n) is 18.6. The lowest BCUT2D eigenvalue weighted by Gasteiger charge is -2.31. The molecule has 1 fully saturated rings. The van der Waals surface area contributed by atoms with Gasteiger partial charge in [-0.25, -0.2) is 4.98 Å².